The monoisotopic (exact) mass is 300 g/mol. The largest absolute Gasteiger partial charge is 0.385 e. The Kier molecular flexibility index (Phi) is 3.96. The molecule has 1 N–H and O–H groups in total. The van der Waals surface area contributed by atoms with Gasteiger partial charge in [0.05, 0.1) is 16.0 Å². The van der Waals surface area contributed by atoms with Crippen molar-refractivity contribution in [3.8, 4) is 0 Å². The molecule has 5 nitrogen and oxygen atoms in total. The van der Waals surface area contributed by atoms with Crippen LogP contribution in [0.3, 0.4) is 0 Å². The highest BCUT2D eigenvalue weighted by Gasteiger charge is 2.16. The molecule has 1 aliphatic rings. The van der Waals surface area contributed by atoms with Gasteiger partial charge in [0, 0.05) is 30.8 Å². The van der Waals surface area contributed by atoms with Crippen molar-refractivity contribution in [2.24, 2.45) is 5.92 Å². The van der Waals surface area contributed by atoms with Gasteiger partial charge in [0.15, 0.2) is 0 Å². The average Bonchev–Trinajstić information content (AvgIpc) is 2.78. The molecule has 1 aromatic carbocycles. The molecule has 0 radical (unpaired) electrons. The summed E-state index contributed by atoms with van der Waals surface area (Å²) in [5.74, 6) is 0.531. The van der Waals surface area contributed by atoms with Crippen LogP contribution in [0.1, 0.15) is 6.42 Å². The zero-order valence-corrected chi connectivity index (χ0v) is 10.8. The highest BCUT2D eigenvalue weighted by atomic mass is 79.9. The van der Waals surface area contributed by atoms with E-state index >= 15 is 0 Å². The van der Waals surface area contributed by atoms with Crippen LogP contribution < -0.4 is 5.32 Å². The number of benzene rings is 1. The van der Waals surface area contributed by atoms with Gasteiger partial charge < -0.3 is 10.1 Å². The van der Waals surface area contributed by atoms with Gasteiger partial charge in [0.2, 0.25) is 0 Å². The van der Waals surface area contributed by atoms with Crippen molar-refractivity contribution in [1.29, 1.82) is 0 Å². The first-order chi connectivity index (χ1) is 8.16. The molecular weight excluding hydrogens is 288 g/mol. The van der Waals surface area contributed by atoms with Gasteiger partial charge in [0.1, 0.15) is 0 Å². The second-order valence-corrected chi connectivity index (χ2v) is 4.89. The lowest BCUT2D eigenvalue weighted by molar-refractivity contribution is -0.385. The second-order valence-electron chi connectivity index (χ2n) is 4.03. The maximum atomic E-state index is 10.6. The van der Waals surface area contributed by atoms with Crippen LogP contribution in [0.25, 0.3) is 0 Å². The highest BCUT2D eigenvalue weighted by molar-refractivity contribution is 9.10. The number of ether oxygens (including phenoxy) is 1. The Morgan fingerprint density at radius 1 is 1.59 bits per heavy atom. The van der Waals surface area contributed by atoms with Crippen molar-refractivity contribution >= 4 is 27.3 Å². The molecule has 1 aliphatic heterocycles. The summed E-state index contributed by atoms with van der Waals surface area (Å²) in [4.78, 5) is 10.2. The second kappa shape index (κ2) is 5.46. The smallest absolute Gasteiger partial charge is 0.283 e. The standard InChI is InChI=1S/C11H13BrN2O3/c12-10-5-9(1-2-11(10)14(15)16)13-6-8-3-4-17-7-8/h1-2,5,8,13H,3-4,6-7H2. The molecule has 0 spiro atoms. The molecule has 92 valence electrons. The van der Waals surface area contributed by atoms with Crippen LogP contribution in [-0.2, 0) is 4.74 Å². The third-order valence-corrected chi connectivity index (χ3v) is 3.40. The summed E-state index contributed by atoms with van der Waals surface area (Å²) < 4.78 is 5.78. The summed E-state index contributed by atoms with van der Waals surface area (Å²) in [6.45, 7) is 2.46. The van der Waals surface area contributed by atoms with Crippen molar-refractivity contribution in [1.82, 2.24) is 0 Å². The number of hydrogen-bond acceptors (Lipinski definition) is 4. The summed E-state index contributed by atoms with van der Waals surface area (Å²) in [5, 5.41) is 13.9. The quantitative estimate of drug-likeness (QED) is 0.686. The van der Waals surface area contributed by atoms with Gasteiger partial charge in [-0.25, -0.2) is 0 Å². The summed E-state index contributed by atoms with van der Waals surface area (Å²) in [6, 6.07) is 4.95. The van der Waals surface area contributed by atoms with Crippen LogP contribution >= 0.6 is 15.9 Å². The zero-order chi connectivity index (χ0) is 12.3. The number of nitrogens with one attached hydrogen (secondary N) is 1. The number of nitro benzene ring substituents is 1. The van der Waals surface area contributed by atoms with E-state index in [1.165, 1.54) is 6.07 Å². The average molecular weight is 301 g/mol. The van der Waals surface area contributed by atoms with E-state index in [-0.39, 0.29) is 5.69 Å². The Hall–Kier alpha value is -1.14. The van der Waals surface area contributed by atoms with E-state index in [4.69, 9.17) is 4.74 Å². The number of hydrogen-bond donors (Lipinski definition) is 1. The van der Waals surface area contributed by atoms with Gasteiger partial charge in [-0.3, -0.25) is 10.1 Å². The zero-order valence-electron chi connectivity index (χ0n) is 9.19. The molecule has 0 saturated carbocycles. The summed E-state index contributed by atoms with van der Waals surface area (Å²) >= 11 is 3.19. The highest BCUT2D eigenvalue weighted by Crippen LogP contribution is 2.28. The fourth-order valence-electron chi connectivity index (χ4n) is 1.77. The maximum absolute atomic E-state index is 10.6. The molecule has 1 heterocycles. The first kappa shape index (κ1) is 12.3. The number of rotatable bonds is 4. The fraction of sp³-hybridized carbons (Fsp3) is 0.455. The fourth-order valence-corrected chi connectivity index (χ4v) is 2.30. The molecule has 1 atom stereocenters. The van der Waals surface area contributed by atoms with Crippen molar-refractivity contribution in [3.05, 3.63) is 32.8 Å². The third kappa shape index (κ3) is 3.17. The van der Waals surface area contributed by atoms with Crippen molar-refractivity contribution in [2.75, 3.05) is 25.1 Å². The van der Waals surface area contributed by atoms with Gasteiger partial charge in [-0.2, -0.15) is 0 Å². The van der Waals surface area contributed by atoms with Crippen LogP contribution in [0.2, 0.25) is 0 Å². The molecule has 0 bridgehead atoms. The van der Waals surface area contributed by atoms with Gasteiger partial charge >= 0.3 is 0 Å². The van der Waals surface area contributed by atoms with E-state index in [0.29, 0.717) is 10.4 Å². The third-order valence-electron chi connectivity index (χ3n) is 2.76. The van der Waals surface area contributed by atoms with Crippen molar-refractivity contribution in [2.45, 2.75) is 6.42 Å². The number of nitrogens with zero attached hydrogens (tertiary/aromatic N) is 1. The predicted octanol–water partition coefficient (Wildman–Crippen LogP) is 2.81. The minimum Gasteiger partial charge on any atom is -0.385 e. The van der Waals surface area contributed by atoms with Gasteiger partial charge in [-0.05, 0) is 34.5 Å². The van der Waals surface area contributed by atoms with Gasteiger partial charge in [-0.15, -0.1) is 0 Å². The molecule has 0 aromatic heterocycles. The summed E-state index contributed by atoms with van der Waals surface area (Å²) in [6.07, 6.45) is 1.07. The summed E-state index contributed by atoms with van der Waals surface area (Å²) in [7, 11) is 0. The molecule has 2 rings (SSSR count). The van der Waals surface area contributed by atoms with Gasteiger partial charge in [-0.1, -0.05) is 0 Å². The Morgan fingerprint density at radius 3 is 3.00 bits per heavy atom. The molecule has 0 aliphatic carbocycles. The minimum atomic E-state index is -0.404. The maximum Gasteiger partial charge on any atom is 0.283 e. The number of anilines is 1. The van der Waals surface area contributed by atoms with E-state index in [2.05, 4.69) is 21.2 Å². The topological polar surface area (TPSA) is 64.4 Å². The molecular formula is C11H13BrN2O3. The van der Waals surface area contributed by atoms with E-state index in [0.717, 1.165) is 31.9 Å². The SMILES string of the molecule is O=[N+]([O-])c1ccc(NCC2CCOC2)cc1Br. The van der Waals surface area contributed by atoms with E-state index in [1.54, 1.807) is 12.1 Å². The Balaban J connectivity index is 1.97. The van der Waals surface area contributed by atoms with Crippen LogP contribution in [0.15, 0.2) is 22.7 Å². The normalized spacial score (nSPS) is 19.2. The Bertz CT molecular complexity index is 419. The lowest BCUT2D eigenvalue weighted by atomic mass is 10.1. The molecule has 1 saturated heterocycles. The Labute approximate surface area is 107 Å². The van der Waals surface area contributed by atoms with Crippen LogP contribution in [0, 0.1) is 16.0 Å². The summed E-state index contributed by atoms with van der Waals surface area (Å²) in [5.41, 5.74) is 0.967. The lowest BCUT2D eigenvalue weighted by Gasteiger charge is -2.10. The number of nitro groups is 1. The molecule has 1 unspecified atom stereocenters. The van der Waals surface area contributed by atoms with E-state index in [9.17, 15) is 10.1 Å². The van der Waals surface area contributed by atoms with Crippen molar-refractivity contribution in [3.63, 3.8) is 0 Å². The molecule has 1 fully saturated rings. The predicted molar refractivity (Wildman–Crippen MR) is 68.2 cm³/mol. The van der Waals surface area contributed by atoms with Crippen molar-refractivity contribution < 1.29 is 9.66 Å². The molecule has 6 heteroatoms. The van der Waals surface area contributed by atoms with E-state index < -0.39 is 4.92 Å². The number of halogens is 1. The van der Waals surface area contributed by atoms with Crippen LogP contribution in [-0.4, -0.2) is 24.7 Å². The first-order valence-electron chi connectivity index (χ1n) is 5.42. The molecule has 1 aromatic rings. The van der Waals surface area contributed by atoms with Crippen LogP contribution in [0.4, 0.5) is 11.4 Å². The first-order valence-corrected chi connectivity index (χ1v) is 6.21. The van der Waals surface area contributed by atoms with E-state index in [1.807, 2.05) is 0 Å². The molecule has 17 heavy (non-hydrogen) atoms. The van der Waals surface area contributed by atoms with Crippen LogP contribution in [0.5, 0.6) is 0 Å². The minimum absolute atomic E-state index is 0.0831. The van der Waals surface area contributed by atoms with Gasteiger partial charge in [0.25, 0.3) is 5.69 Å². The molecule has 0 amide bonds. The lowest BCUT2D eigenvalue weighted by Crippen LogP contribution is -2.14. The Morgan fingerprint density at radius 2 is 2.41 bits per heavy atom.